The van der Waals surface area contributed by atoms with Crippen LogP contribution in [-0.2, 0) is 0 Å². The van der Waals surface area contributed by atoms with Gasteiger partial charge in [0, 0.05) is 10.0 Å². The Kier molecular flexibility index (Phi) is 5.65. The fourth-order valence-electron chi connectivity index (χ4n) is 3.45. The Hall–Kier alpha value is -0.210. The Morgan fingerprint density at radius 1 is 1.19 bits per heavy atom. The maximum atomic E-state index is 6.80. The second-order valence-electron chi connectivity index (χ2n) is 7.27. The third kappa shape index (κ3) is 4.16. The molecule has 1 aromatic carbocycles. The van der Waals surface area contributed by atoms with Crippen LogP contribution in [-0.4, -0.2) is 7.11 Å². The van der Waals surface area contributed by atoms with Gasteiger partial charge in [0.1, 0.15) is 5.75 Å². The van der Waals surface area contributed by atoms with Crippen molar-refractivity contribution in [1.29, 1.82) is 0 Å². The molecule has 118 valence electrons. The van der Waals surface area contributed by atoms with Gasteiger partial charge in [0.2, 0.25) is 0 Å². The molecule has 0 aromatic heterocycles. The number of methoxy groups -OCH3 is 1. The Morgan fingerprint density at radius 2 is 1.81 bits per heavy atom. The predicted molar refractivity (Wildman–Crippen MR) is 94.2 cm³/mol. The number of benzene rings is 1. The summed E-state index contributed by atoms with van der Waals surface area (Å²) < 4.78 is 6.54. The zero-order valence-electron chi connectivity index (χ0n) is 13.5. The summed E-state index contributed by atoms with van der Waals surface area (Å²) in [4.78, 5) is 0. The number of hydrogen-bond acceptors (Lipinski definition) is 1. The van der Waals surface area contributed by atoms with Crippen LogP contribution in [0.25, 0.3) is 0 Å². The van der Waals surface area contributed by atoms with Crippen molar-refractivity contribution in [2.45, 2.75) is 51.8 Å². The summed E-state index contributed by atoms with van der Waals surface area (Å²) in [6.07, 6.45) is 5.00. The molecule has 0 N–H and O–H groups in total. The van der Waals surface area contributed by atoms with Crippen LogP contribution in [0, 0.1) is 17.3 Å². The van der Waals surface area contributed by atoms with Gasteiger partial charge in [0.15, 0.2) is 0 Å². The first-order valence-electron chi connectivity index (χ1n) is 7.80. The summed E-state index contributed by atoms with van der Waals surface area (Å²) in [5.74, 6) is 2.27. The molecule has 0 saturated heterocycles. The molecule has 1 aliphatic carbocycles. The average molecular weight is 374 g/mol. The zero-order chi connectivity index (χ0) is 15.6. The molecule has 3 heteroatoms. The van der Waals surface area contributed by atoms with E-state index in [-0.39, 0.29) is 5.38 Å². The smallest absolute Gasteiger partial charge is 0.123 e. The lowest BCUT2D eigenvalue weighted by Gasteiger charge is -2.38. The molecule has 1 aromatic rings. The van der Waals surface area contributed by atoms with Gasteiger partial charge in [-0.1, -0.05) is 36.7 Å². The van der Waals surface area contributed by atoms with Crippen LogP contribution < -0.4 is 4.74 Å². The molecule has 0 bridgehead atoms. The molecular weight excluding hydrogens is 348 g/mol. The van der Waals surface area contributed by atoms with E-state index in [1.165, 1.54) is 25.7 Å². The van der Waals surface area contributed by atoms with Crippen molar-refractivity contribution in [1.82, 2.24) is 0 Å². The van der Waals surface area contributed by atoms with Crippen molar-refractivity contribution < 1.29 is 4.74 Å². The molecule has 1 aliphatic rings. The Balaban J connectivity index is 2.08. The van der Waals surface area contributed by atoms with E-state index in [1.807, 2.05) is 12.1 Å². The summed E-state index contributed by atoms with van der Waals surface area (Å²) in [6, 6.07) is 6.10. The lowest BCUT2D eigenvalue weighted by atomic mass is 9.69. The van der Waals surface area contributed by atoms with Gasteiger partial charge in [0.25, 0.3) is 0 Å². The third-order valence-electron chi connectivity index (χ3n) is 4.90. The van der Waals surface area contributed by atoms with E-state index in [2.05, 4.69) is 42.8 Å². The van der Waals surface area contributed by atoms with Gasteiger partial charge in [-0.15, -0.1) is 11.6 Å². The van der Waals surface area contributed by atoms with E-state index in [4.69, 9.17) is 16.3 Å². The summed E-state index contributed by atoms with van der Waals surface area (Å²) in [6.45, 7) is 7.06. The van der Waals surface area contributed by atoms with Gasteiger partial charge in [-0.25, -0.2) is 0 Å². The fraction of sp³-hybridized carbons (Fsp3) is 0.667. The Labute approximate surface area is 142 Å². The number of hydrogen-bond donors (Lipinski definition) is 0. The zero-order valence-corrected chi connectivity index (χ0v) is 15.8. The van der Waals surface area contributed by atoms with Crippen LogP contribution in [0.3, 0.4) is 0 Å². The van der Waals surface area contributed by atoms with Crippen LogP contribution >= 0.6 is 27.5 Å². The van der Waals surface area contributed by atoms with Crippen molar-refractivity contribution in [3.05, 3.63) is 28.2 Å². The normalized spacial score (nSPS) is 24.7. The molecule has 1 saturated carbocycles. The maximum Gasteiger partial charge on any atom is 0.123 e. The predicted octanol–water partition coefficient (Wildman–Crippen LogP) is 6.59. The van der Waals surface area contributed by atoms with E-state index in [1.54, 1.807) is 7.11 Å². The highest BCUT2D eigenvalue weighted by atomic mass is 79.9. The molecule has 1 fully saturated rings. The highest BCUT2D eigenvalue weighted by Gasteiger charge is 2.33. The summed E-state index contributed by atoms with van der Waals surface area (Å²) in [7, 11) is 1.72. The topological polar surface area (TPSA) is 9.23 Å². The molecule has 0 amide bonds. The van der Waals surface area contributed by atoms with E-state index < -0.39 is 0 Å². The summed E-state index contributed by atoms with van der Waals surface area (Å²) in [5, 5.41) is 0.0402. The van der Waals surface area contributed by atoms with E-state index >= 15 is 0 Å². The van der Waals surface area contributed by atoms with Gasteiger partial charge in [0.05, 0.1) is 12.5 Å². The standard InChI is InChI=1S/C18H26BrClO/c1-18(2,3)13-7-5-12(6-8-13)17(20)15-11-14(19)9-10-16(15)21-4/h9-13,17H,5-8H2,1-4H3. The van der Waals surface area contributed by atoms with Crippen LogP contribution in [0.1, 0.15) is 57.4 Å². The van der Waals surface area contributed by atoms with Crippen molar-refractivity contribution in [2.75, 3.05) is 7.11 Å². The SMILES string of the molecule is COc1ccc(Br)cc1C(Cl)C1CCC(C(C)(C)C)CC1. The minimum atomic E-state index is 0.0402. The monoisotopic (exact) mass is 372 g/mol. The van der Waals surface area contributed by atoms with Gasteiger partial charge >= 0.3 is 0 Å². The summed E-state index contributed by atoms with van der Waals surface area (Å²) in [5.41, 5.74) is 1.54. The van der Waals surface area contributed by atoms with Gasteiger partial charge in [-0.3, -0.25) is 0 Å². The fourth-order valence-corrected chi connectivity index (χ4v) is 4.25. The second kappa shape index (κ2) is 6.91. The molecule has 2 rings (SSSR count). The van der Waals surface area contributed by atoms with Crippen molar-refractivity contribution in [2.24, 2.45) is 17.3 Å². The largest absolute Gasteiger partial charge is 0.496 e. The average Bonchev–Trinajstić information content (AvgIpc) is 2.45. The second-order valence-corrected chi connectivity index (χ2v) is 8.65. The number of rotatable bonds is 3. The van der Waals surface area contributed by atoms with E-state index in [9.17, 15) is 0 Å². The summed E-state index contributed by atoms with van der Waals surface area (Å²) >= 11 is 10.3. The molecule has 0 spiro atoms. The molecular formula is C18H26BrClO. The first-order valence-corrected chi connectivity index (χ1v) is 9.03. The highest BCUT2D eigenvalue weighted by molar-refractivity contribution is 9.10. The van der Waals surface area contributed by atoms with Gasteiger partial charge in [-0.05, 0) is 61.1 Å². The third-order valence-corrected chi connectivity index (χ3v) is 5.98. The van der Waals surface area contributed by atoms with Crippen LogP contribution in [0.5, 0.6) is 5.75 Å². The Bertz CT molecular complexity index is 473. The van der Waals surface area contributed by atoms with Crippen LogP contribution in [0.4, 0.5) is 0 Å². The lowest BCUT2D eigenvalue weighted by molar-refractivity contribution is 0.148. The van der Waals surface area contributed by atoms with Crippen LogP contribution in [0.2, 0.25) is 0 Å². The van der Waals surface area contributed by atoms with E-state index in [0.717, 1.165) is 21.7 Å². The van der Waals surface area contributed by atoms with Crippen molar-refractivity contribution >= 4 is 27.5 Å². The van der Waals surface area contributed by atoms with Crippen molar-refractivity contribution in [3.8, 4) is 5.75 Å². The minimum Gasteiger partial charge on any atom is -0.496 e. The lowest BCUT2D eigenvalue weighted by Crippen LogP contribution is -2.27. The molecule has 1 atom stereocenters. The minimum absolute atomic E-state index is 0.0402. The molecule has 1 unspecified atom stereocenters. The number of alkyl halides is 1. The van der Waals surface area contributed by atoms with E-state index in [0.29, 0.717) is 11.3 Å². The van der Waals surface area contributed by atoms with Crippen molar-refractivity contribution in [3.63, 3.8) is 0 Å². The van der Waals surface area contributed by atoms with Crippen LogP contribution in [0.15, 0.2) is 22.7 Å². The number of halogens is 2. The first-order chi connectivity index (χ1) is 9.82. The van der Waals surface area contributed by atoms with Gasteiger partial charge in [-0.2, -0.15) is 0 Å². The molecule has 0 radical (unpaired) electrons. The Morgan fingerprint density at radius 3 is 2.33 bits per heavy atom. The molecule has 0 heterocycles. The molecule has 0 aliphatic heterocycles. The quantitative estimate of drug-likeness (QED) is 0.543. The molecule has 1 nitrogen and oxygen atoms in total. The maximum absolute atomic E-state index is 6.80. The highest BCUT2D eigenvalue weighted by Crippen LogP contribution is 2.47. The van der Waals surface area contributed by atoms with Gasteiger partial charge < -0.3 is 4.74 Å². The number of ether oxygens (including phenoxy) is 1. The molecule has 21 heavy (non-hydrogen) atoms. The first kappa shape index (κ1) is 17.1.